The van der Waals surface area contributed by atoms with Crippen LogP contribution >= 0.6 is 12.6 Å². The summed E-state index contributed by atoms with van der Waals surface area (Å²) in [5, 5.41) is -1.38. The molecule has 0 aromatic carbocycles. The van der Waals surface area contributed by atoms with Crippen LogP contribution in [0, 0.1) is 6.92 Å². The Labute approximate surface area is 43.2 Å². The summed E-state index contributed by atoms with van der Waals surface area (Å²) in [4.78, 5) is 0. The summed E-state index contributed by atoms with van der Waals surface area (Å²) in [6.07, 6.45) is 0.218. The third-order valence-corrected chi connectivity index (χ3v) is 0.680. The number of halogens is 1. The lowest BCUT2D eigenvalue weighted by atomic mass is 10.3. The van der Waals surface area contributed by atoms with Gasteiger partial charge in [0.1, 0.15) is 0 Å². The fourth-order valence-corrected chi connectivity index (χ4v) is 0. The Morgan fingerprint density at radius 3 is 2.17 bits per heavy atom. The van der Waals surface area contributed by atoms with E-state index in [1.165, 1.54) is 6.92 Å². The molecule has 1 radical (unpaired) electrons. The maximum absolute atomic E-state index is 11.9. The fourth-order valence-electron chi connectivity index (χ4n) is 0. The van der Waals surface area contributed by atoms with Gasteiger partial charge in [0, 0.05) is 0 Å². The van der Waals surface area contributed by atoms with Gasteiger partial charge in [0.15, 0.2) is 5.00 Å². The topological polar surface area (TPSA) is 0 Å². The second-order valence-corrected chi connectivity index (χ2v) is 2.32. The van der Waals surface area contributed by atoms with Crippen LogP contribution in [0.25, 0.3) is 0 Å². The molecular formula is C4H8FS. The lowest BCUT2D eigenvalue weighted by Gasteiger charge is -2.06. The van der Waals surface area contributed by atoms with E-state index in [1.54, 1.807) is 0 Å². The summed E-state index contributed by atoms with van der Waals surface area (Å²) in [6, 6.07) is 0. The van der Waals surface area contributed by atoms with E-state index in [0.29, 0.717) is 0 Å². The van der Waals surface area contributed by atoms with Crippen LogP contribution in [0.5, 0.6) is 0 Å². The fraction of sp³-hybridized carbons (Fsp3) is 0.750. The molecule has 6 heavy (non-hydrogen) atoms. The predicted molar refractivity (Wildman–Crippen MR) is 28.5 cm³/mol. The Morgan fingerprint density at radius 1 is 2.00 bits per heavy atom. The quantitative estimate of drug-likeness (QED) is 0.485. The second-order valence-electron chi connectivity index (χ2n) is 1.39. The minimum atomic E-state index is -1.38. The third-order valence-electron chi connectivity index (χ3n) is 0.456. The minimum Gasteiger partial charge on any atom is -0.233 e. The molecule has 0 bridgehead atoms. The summed E-state index contributed by atoms with van der Waals surface area (Å²) < 4.78 is 11.9. The van der Waals surface area contributed by atoms with Gasteiger partial charge in [-0.1, -0.05) is 0 Å². The van der Waals surface area contributed by atoms with Crippen molar-refractivity contribution in [1.82, 2.24) is 0 Å². The van der Waals surface area contributed by atoms with Gasteiger partial charge in [-0.25, -0.2) is 4.39 Å². The second kappa shape index (κ2) is 1.82. The first-order valence-corrected chi connectivity index (χ1v) is 2.21. The van der Waals surface area contributed by atoms with Gasteiger partial charge in [-0.15, -0.1) is 12.6 Å². The van der Waals surface area contributed by atoms with E-state index in [0.717, 1.165) is 0 Å². The Bertz CT molecular complexity index is 37.3. The first-order valence-electron chi connectivity index (χ1n) is 1.77. The van der Waals surface area contributed by atoms with E-state index < -0.39 is 5.00 Å². The standard InChI is InChI=1S/C4H8FS/c1-3-4(2,5)6/h6H,1,3H2,2H3. The zero-order valence-electron chi connectivity index (χ0n) is 3.74. The van der Waals surface area contributed by atoms with Crippen LogP contribution in [-0.4, -0.2) is 5.00 Å². The molecule has 0 spiro atoms. The number of hydrogen-bond acceptors (Lipinski definition) is 1. The van der Waals surface area contributed by atoms with Gasteiger partial charge in [-0.05, 0) is 20.3 Å². The summed E-state index contributed by atoms with van der Waals surface area (Å²) in [5.74, 6) is 0. The lowest BCUT2D eigenvalue weighted by Crippen LogP contribution is -2.03. The number of alkyl halides is 1. The molecule has 0 saturated heterocycles. The zero-order valence-corrected chi connectivity index (χ0v) is 4.63. The van der Waals surface area contributed by atoms with Crippen LogP contribution in [0.1, 0.15) is 13.3 Å². The van der Waals surface area contributed by atoms with Crippen LogP contribution in [-0.2, 0) is 0 Å². The molecule has 1 unspecified atom stereocenters. The van der Waals surface area contributed by atoms with E-state index in [2.05, 4.69) is 19.6 Å². The van der Waals surface area contributed by atoms with Crippen molar-refractivity contribution in [2.75, 3.05) is 0 Å². The van der Waals surface area contributed by atoms with E-state index in [4.69, 9.17) is 0 Å². The van der Waals surface area contributed by atoms with Crippen molar-refractivity contribution in [3.8, 4) is 0 Å². The molecule has 0 amide bonds. The highest BCUT2D eigenvalue weighted by molar-refractivity contribution is 7.81. The van der Waals surface area contributed by atoms with Crippen molar-refractivity contribution in [1.29, 1.82) is 0 Å². The maximum Gasteiger partial charge on any atom is 0.150 e. The summed E-state index contributed by atoms with van der Waals surface area (Å²) in [7, 11) is 0. The van der Waals surface area contributed by atoms with Gasteiger partial charge < -0.3 is 0 Å². The monoisotopic (exact) mass is 107 g/mol. The molecule has 0 saturated carbocycles. The van der Waals surface area contributed by atoms with Crippen molar-refractivity contribution in [3.05, 3.63) is 6.92 Å². The van der Waals surface area contributed by atoms with E-state index in [-0.39, 0.29) is 6.42 Å². The molecule has 0 rings (SSSR count). The van der Waals surface area contributed by atoms with Gasteiger partial charge in [0.2, 0.25) is 0 Å². The first kappa shape index (κ1) is 6.28. The zero-order chi connectivity index (χ0) is 5.21. The SMILES string of the molecule is [CH2]CC(C)(F)S. The number of rotatable bonds is 1. The average molecular weight is 107 g/mol. The molecule has 0 heterocycles. The molecule has 2 heteroatoms. The van der Waals surface area contributed by atoms with Gasteiger partial charge in [0.05, 0.1) is 0 Å². The summed E-state index contributed by atoms with van der Waals surface area (Å²) in [5.41, 5.74) is 0. The maximum atomic E-state index is 11.9. The van der Waals surface area contributed by atoms with Gasteiger partial charge in [-0.2, -0.15) is 0 Å². The summed E-state index contributed by atoms with van der Waals surface area (Å²) >= 11 is 3.53. The molecular weight excluding hydrogens is 99.1 g/mol. The smallest absolute Gasteiger partial charge is 0.150 e. The lowest BCUT2D eigenvalue weighted by molar-refractivity contribution is 0.322. The molecule has 37 valence electrons. The van der Waals surface area contributed by atoms with Gasteiger partial charge in [-0.3, -0.25) is 0 Å². The molecule has 0 aromatic rings. The van der Waals surface area contributed by atoms with Crippen molar-refractivity contribution < 1.29 is 4.39 Å². The van der Waals surface area contributed by atoms with Crippen LogP contribution in [0.15, 0.2) is 0 Å². The average Bonchev–Trinajstić information content (AvgIpc) is 1.35. The highest BCUT2D eigenvalue weighted by Crippen LogP contribution is 2.17. The van der Waals surface area contributed by atoms with Crippen LogP contribution < -0.4 is 0 Å². The molecule has 0 aliphatic rings. The van der Waals surface area contributed by atoms with E-state index in [9.17, 15) is 4.39 Å². The normalized spacial score (nSPS) is 20.0. The van der Waals surface area contributed by atoms with E-state index >= 15 is 0 Å². The Balaban J connectivity index is 3.17. The third kappa shape index (κ3) is 4.28. The summed E-state index contributed by atoms with van der Waals surface area (Å²) in [6.45, 7) is 4.68. The molecule has 0 aliphatic carbocycles. The van der Waals surface area contributed by atoms with Crippen LogP contribution in [0.2, 0.25) is 0 Å². The minimum absolute atomic E-state index is 0.218. The Kier molecular flexibility index (Phi) is 1.91. The van der Waals surface area contributed by atoms with Crippen molar-refractivity contribution in [3.63, 3.8) is 0 Å². The van der Waals surface area contributed by atoms with Crippen LogP contribution in [0.4, 0.5) is 4.39 Å². The van der Waals surface area contributed by atoms with Crippen molar-refractivity contribution in [2.24, 2.45) is 0 Å². The highest BCUT2D eigenvalue weighted by atomic mass is 32.1. The largest absolute Gasteiger partial charge is 0.233 e. The molecule has 0 aromatic heterocycles. The van der Waals surface area contributed by atoms with Crippen LogP contribution in [0.3, 0.4) is 0 Å². The first-order chi connectivity index (χ1) is 2.56. The Morgan fingerprint density at radius 2 is 2.17 bits per heavy atom. The molecule has 0 N–H and O–H groups in total. The number of hydrogen-bond donors (Lipinski definition) is 1. The predicted octanol–water partition coefficient (Wildman–Crippen LogP) is 1.83. The van der Waals surface area contributed by atoms with Crippen molar-refractivity contribution in [2.45, 2.75) is 18.3 Å². The molecule has 0 nitrogen and oxygen atoms in total. The van der Waals surface area contributed by atoms with Crippen molar-refractivity contribution >= 4 is 12.6 Å². The number of thiol groups is 1. The molecule has 1 atom stereocenters. The van der Waals surface area contributed by atoms with Gasteiger partial charge in [0.25, 0.3) is 0 Å². The molecule has 0 fully saturated rings. The Hall–Kier alpha value is 0.280. The van der Waals surface area contributed by atoms with E-state index in [1.807, 2.05) is 0 Å². The highest BCUT2D eigenvalue weighted by Gasteiger charge is 2.10. The van der Waals surface area contributed by atoms with Gasteiger partial charge >= 0.3 is 0 Å². The molecule has 0 aliphatic heterocycles.